The molecular formula is C25H30Cl2N6O3S2. The molecule has 0 bridgehead atoms. The van der Waals surface area contributed by atoms with Gasteiger partial charge in [0.15, 0.2) is 0 Å². The van der Waals surface area contributed by atoms with E-state index in [9.17, 15) is 13.2 Å². The average molecular weight is 598 g/mol. The van der Waals surface area contributed by atoms with E-state index in [2.05, 4.69) is 15.3 Å². The van der Waals surface area contributed by atoms with E-state index in [1.807, 2.05) is 35.2 Å². The number of sulfonamides is 1. The molecule has 204 valence electrons. The number of nitrogens with one attached hydrogen (secondary N) is 1. The Labute approximate surface area is 236 Å². The summed E-state index contributed by atoms with van der Waals surface area (Å²) in [7, 11) is -3.70. The molecule has 2 fully saturated rings. The van der Waals surface area contributed by atoms with Crippen molar-refractivity contribution in [1.82, 2.24) is 19.0 Å². The minimum atomic E-state index is -3.70. The highest BCUT2D eigenvalue weighted by atomic mass is 35.5. The maximum Gasteiger partial charge on any atom is 0.296 e. The summed E-state index contributed by atoms with van der Waals surface area (Å²) >= 11 is 13.0. The van der Waals surface area contributed by atoms with E-state index in [0.29, 0.717) is 36.7 Å². The van der Waals surface area contributed by atoms with E-state index in [4.69, 9.17) is 23.2 Å². The lowest BCUT2D eigenvalue weighted by molar-refractivity contribution is 0.237. The lowest BCUT2D eigenvalue weighted by Gasteiger charge is -2.35. The SMILES string of the molecule is O=c1c(NCCN2CCCCC2)c(N2CCN(S(=O)(=O)c3cc(Cl)c(Cl)s3)CC2)cnn1-c1ccccc1. The molecule has 2 saturated heterocycles. The highest BCUT2D eigenvalue weighted by Crippen LogP contribution is 2.36. The van der Waals surface area contributed by atoms with Crippen molar-refractivity contribution in [2.24, 2.45) is 0 Å². The standard InChI is InChI=1S/C25H30Cl2N6O3S2/c26-20-17-22(37-24(20)27)38(35,36)32-15-13-31(14-16-32)21-18-29-33(19-7-3-1-4-8-19)25(34)23(21)28-9-12-30-10-5-2-6-11-30/h1,3-4,7-8,17-18,28H,2,5-6,9-16H2. The Morgan fingerprint density at radius 3 is 2.34 bits per heavy atom. The molecule has 0 aliphatic carbocycles. The van der Waals surface area contributed by atoms with Gasteiger partial charge in [-0.25, -0.2) is 8.42 Å². The number of anilines is 2. The zero-order valence-electron chi connectivity index (χ0n) is 20.9. The number of likely N-dealkylation sites (tertiary alicyclic amines) is 1. The van der Waals surface area contributed by atoms with Crippen molar-refractivity contribution < 1.29 is 8.42 Å². The van der Waals surface area contributed by atoms with Gasteiger partial charge in [0.05, 0.1) is 22.6 Å². The topological polar surface area (TPSA) is 90.8 Å². The van der Waals surface area contributed by atoms with Crippen LogP contribution in [0.3, 0.4) is 0 Å². The van der Waals surface area contributed by atoms with E-state index >= 15 is 0 Å². The van der Waals surface area contributed by atoms with Crippen LogP contribution >= 0.6 is 34.5 Å². The predicted octanol–water partition coefficient (Wildman–Crippen LogP) is 4.01. The van der Waals surface area contributed by atoms with Gasteiger partial charge in [-0.2, -0.15) is 14.1 Å². The van der Waals surface area contributed by atoms with Gasteiger partial charge in [-0.05, 0) is 44.1 Å². The molecule has 2 aromatic heterocycles. The Bertz CT molecular complexity index is 1400. The highest BCUT2D eigenvalue weighted by molar-refractivity contribution is 7.91. The molecule has 38 heavy (non-hydrogen) atoms. The number of benzene rings is 1. The smallest absolute Gasteiger partial charge is 0.296 e. The van der Waals surface area contributed by atoms with Crippen LogP contribution in [0.4, 0.5) is 11.4 Å². The van der Waals surface area contributed by atoms with Gasteiger partial charge < -0.3 is 15.1 Å². The van der Waals surface area contributed by atoms with Crippen LogP contribution in [0.5, 0.6) is 0 Å². The molecule has 1 aromatic carbocycles. The molecule has 0 saturated carbocycles. The van der Waals surface area contributed by atoms with Gasteiger partial charge in [0.1, 0.15) is 14.2 Å². The Kier molecular flexibility index (Phi) is 8.61. The lowest BCUT2D eigenvalue weighted by Crippen LogP contribution is -2.49. The predicted molar refractivity (Wildman–Crippen MR) is 154 cm³/mol. The number of piperidine rings is 1. The van der Waals surface area contributed by atoms with Gasteiger partial charge in [-0.1, -0.05) is 47.8 Å². The summed E-state index contributed by atoms with van der Waals surface area (Å²) in [5.74, 6) is 0. The summed E-state index contributed by atoms with van der Waals surface area (Å²) in [5.41, 5.74) is 1.62. The monoisotopic (exact) mass is 596 g/mol. The number of aromatic nitrogens is 2. The molecule has 0 atom stereocenters. The lowest BCUT2D eigenvalue weighted by atomic mass is 10.1. The number of piperazine rings is 1. The van der Waals surface area contributed by atoms with E-state index in [-0.39, 0.29) is 32.2 Å². The summed E-state index contributed by atoms with van der Waals surface area (Å²) < 4.78 is 29.5. The summed E-state index contributed by atoms with van der Waals surface area (Å²) in [6, 6.07) is 10.7. The van der Waals surface area contributed by atoms with E-state index in [1.165, 1.54) is 34.3 Å². The van der Waals surface area contributed by atoms with Gasteiger partial charge in [0.25, 0.3) is 15.6 Å². The van der Waals surface area contributed by atoms with Crippen molar-refractivity contribution >= 4 is 55.9 Å². The third kappa shape index (κ3) is 5.88. The number of rotatable bonds is 8. The van der Waals surface area contributed by atoms with Crippen molar-refractivity contribution in [2.45, 2.75) is 23.5 Å². The summed E-state index contributed by atoms with van der Waals surface area (Å²) in [5, 5.41) is 8.09. The van der Waals surface area contributed by atoms with Crippen LogP contribution in [-0.4, -0.2) is 79.8 Å². The van der Waals surface area contributed by atoms with Crippen molar-refractivity contribution in [3.63, 3.8) is 0 Å². The Hall–Kier alpha value is -2.15. The number of halogens is 2. The number of thiophene rings is 1. The molecule has 9 nitrogen and oxygen atoms in total. The first-order chi connectivity index (χ1) is 18.3. The van der Waals surface area contributed by atoms with Crippen molar-refractivity contribution in [1.29, 1.82) is 0 Å². The third-order valence-electron chi connectivity index (χ3n) is 6.93. The fourth-order valence-electron chi connectivity index (χ4n) is 4.88. The Morgan fingerprint density at radius 1 is 0.974 bits per heavy atom. The first kappa shape index (κ1) is 27.4. The average Bonchev–Trinajstić information content (AvgIpc) is 3.29. The molecule has 0 spiro atoms. The molecule has 2 aliphatic rings. The van der Waals surface area contributed by atoms with Crippen LogP contribution in [0.25, 0.3) is 5.69 Å². The van der Waals surface area contributed by atoms with Crippen molar-refractivity contribution in [3.05, 3.63) is 62.3 Å². The van der Waals surface area contributed by atoms with Gasteiger partial charge in [0.2, 0.25) is 0 Å². The molecule has 0 unspecified atom stereocenters. The van der Waals surface area contributed by atoms with Crippen molar-refractivity contribution in [2.75, 3.05) is 62.6 Å². The largest absolute Gasteiger partial charge is 0.377 e. The van der Waals surface area contributed by atoms with Crippen LogP contribution in [0.15, 0.2) is 51.6 Å². The van der Waals surface area contributed by atoms with Gasteiger partial charge in [0, 0.05) is 39.3 Å². The van der Waals surface area contributed by atoms with Crippen molar-refractivity contribution in [3.8, 4) is 5.69 Å². The number of nitrogens with zero attached hydrogens (tertiary/aromatic N) is 5. The third-order valence-corrected chi connectivity index (χ3v) is 11.1. The first-order valence-corrected chi connectivity index (χ1v) is 15.7. The van der Waals surface area contributed by atoms with Crippen LogP contribution in [-0.2, 0) is 10.0 Å². The molecule has 0 radical (unpaired) electrons. The van der Waals surface area contributed by atoms with Crippen LogP contribution in [0.2, 0.25) is 9.36 Å². The van der Waals surface area contributed by atoms with E-state index in [1.54, 1.807) is 6.20 Å². The molecule has 3 aromatic rings. The fraction of sp³-hybridized carbons (Fsp3) is 0.440. The van der Waals surface area contributed by atoms with Crippen LogP contribution in [0, 0.1) is 0 Å². The zero-order valence-corrected chi connectivity index (χ0v) is 24.0. The van der Waals surface area contributed by atoms with Gasteiger partial charge >= 0.3 is 0 Å². The minimum absolute atomic E-state index is 0.133. The quantitative estimate of drug-likeness (QED) is 0.420. The van der Waals surface area contributed by atoms with E-state index < -0.39 is 10.0 Å². The second-order valence-corrected chi connectivity index (χ2v) is 13.6. The first-order valence-electron chi connectivity index (χ1n) is 12.7. The zero-order chi connectivity index (χ0) is 26.7. The maximum absolute atomic E-state index is 13.6. The molecule has 13 heteroatoms. The molecule has 4 heterocycles. The normalized spacial score (nSPS) is 17.6. The number of para-hydroxylation sites is 1. The fourth-order valence-corrected chi connectivity index (χ4v) is 8.33. The van der Waals surface area contributed by atoms with Crippen LogP contribution < -0.4 is 15.8 Å². The molecule has 1 N–H and O–H groups in total. The Balaban J connectivity index is 1.36. The second kappa shape index (κ2) is 11.9. The number of hydrogen-bond donors (Lipinski definition) is 1. The van der Waals surface area contributed by atoms with Crippen LogP contribution in [0.1, 0.15) is 19.3 Å². The molecule has 0 amide bonds. The number of hydrogen-bond acceptors (Lipinski definition) is 8. The molecule has 2 aliphatic heterocycles. The van der Waals surface area contributed by atoms with Gasteiger partial charge in [-0.15, -0.1) is 11.3 Å². The maximum atomic E-state index is 13.6. The van der Waals surface area contributed by atoms with Gasteiger partial charge in [-0.3, -0.25) is 4.79 Å². The summed E-state index contributed by atoms with van der Waals surface area (Å²) in [6.07, 6.45) is 5.38. The molecule has 5 rings (SSSR count). The molecular weight excluding hydrogens is 567 g/mol. The highest BCUT2D eigenvalue weighted by Gasteiger charge is 2.32. The second-order valence-electron chi connectivity index (χ2n) is 9.36. The minimum Gasteiger partial charge on any atom is -0.377 e. The summed E-state index contributed by atoms with van der Waals surface area (Å²) in [6.45, 7) is 5.02. The van der Waals surface area contributed by atoms with E-state index in [0.717, 1.165) is 31.0 Å². The Morgan fingerprint density at radius 2 is 1.68 bits per heavy atom. The summed E-state index contributed by atoms with van der Waals surface area (Å²) in [4.78, 5) is 18.1.